The minimum atomic E-state index is 0.157. The first-order valence-electron chi connectivity index (χ1n) is 11.8. The van der Waals surface area contributed by atoms with Crippen LogP contribution in [0.1, 0.15) is 30.9 Å². The molecule has 4 rings (SSSR count). The van der Waals surface area contributed by atoms with E-state index in [2.05, 4.69) is 65.3 Å². The number of hydrogen-bond donors (Lipinski definition) is 0. The Bertz CT molecular complexity index is 1060. The van der Waals surface area contributed by atoms with Gasteiger partial charge in [-0.15, -0.1) is 10.2 Å². The first-order valence-corrected chi connectivity index (χ1v) is 12.8. The van der Waals surface area contributed by atoms with Crippen molar-refractivity contribution in [2.24, 2.45) is 0 Å². The Labute approximate surface area is 206 Å². The molecule has 0 radical (unpaired) electrons. The van der Waals surface area contributed by atoms with E-state index in [0.29, 0.717) is 11.7 Å². The lowest BCUT2D eigenvalue weighted by molar-refractivity contribution is -0.130. The summed E-state index contributed by atoms with van der Waals surface area (Å²) in [5.74, 6) is 1.90. The standard InChI is InChI=1S/C26H33N5O2S/c1-20(2)22-6-8-23(9-7-22)31-19-27-28-26(31)34-18-25(32)30-16-14-29(15-17-30)13-12-21-4-10-24(33-3)11-5-21/h4-11,19-20H,12-18H2,1-3H3. The predicted molar refractivity (Wildman–Crippen MR) is 136 cm³/mol. The molecule has 3 aromatic rings. The topological polar surface area (TPSA) is 63.5 Å². The average Bonchev–Trinajstić information content (AvgIpc) is 3.35. The van der Waals surface area contributed by atoms with Crippen LogP contribution in [0.4, 0.5) is 0 Å². The van der Waals surface area contributed by atoms with Gasteiger partial charge in [-0.2, -0.15) is 0 Å². The summed E-state index contributed by atoms with van der Waals surface area (Å²) in [6, 6.07) is 16.7. The van der Waals surface area contributed by atoms with E-state index in [1.165, 1.54) is 22.9 Å². The molecule has 0 aliphatic carbocycles. The summed E-state index contributed by atoms with van der Waals surface area (Å²) >= 11 is 1.45. The maximum absolute atomic E-state index is 12.8. The highest BCUT2D eigenvalue weighted by molar-refractivity contribution is 7.99. The fourth-order valence-corrected chi connectivity index (χ4v) is 4.87. The molecule has 1 fully saturated rings. The number of benzene rings is 2. The Morgan fingerprint density at radius 1 is 1.03 bits per heavy atom. The van der Waals surface area contributed by atoms with Crippen LogP contribution in [0.2, 0.25) is 0 Å². The van der Waals surface area contributed by atoms with Gasteiger partial charge in [-0.3, -0.25) is 14.3 Å². The summed E-state index contributed by atoms with van der Waals surface area (Å²) in [7, 11) is 1.69. The van der Waals surface area contributed by atoms with Crippen molar-refractivity contribution in [1.29, 1.82) is 0 Å². The Hall–Kier alpha value is -2.84. The number of piperazine rings is 1. The highest BCUT2D eigenvalue weighted by atomic mass is 32.2. The average molecular weight is 480 g/mol. The van der Waals surface area contributed by atoms with Crippen LogP contribution in [0, 0.1) is 0 Å². The predicted octanol–water partition coefficient (Wildman–Crippen LogP) is 3.88. The molecule has 1 aromatic heterocycles. The number of methoxy groups -OCH3 is 1. The number of amides is 1. The second-order valence-electron chi connectivity index (χ2n) is 8.84. The summed E-state index contributed by atoms with van der Waals surface area (Å²) < 4.78 is 7.17. The molecule has 0 N–H and O–H groups in total. The maximum atomic E-state index is 12.8. The summed E-state index contributed by atoms with van der Waals surface area (Å²) in [6.07, 6.45) is 2.71. The lowest BCUT2D eigenvalue weighted by Gasteiger charge is -2.34. The van der Waals surface area contributed by atoms with Crippen LogP contribution >= 0.6 is 11.8 Å². The summed E-state index contributed by atoms with van der Waals surface area (Å²) in [4.78, 5) is 17.2. The van der Waals surface area contributed by atoms with E-state index in [-0.39, 0.29) is 5.91 Å². The second kappa shape index (κ2) is 11.5. The zero-order valence-corrected chi connectivity index (χ0v) is 21.0. The molecule has 7 nitrogen and oxygen atoms in total. The van der Waals surface area contributed by atoms with Crippen LogP contribution in [0.5, 0.6) is 5.75 Å². The molecule has 1 saturated heterocycles. The van der Waals surface area contributed by atoms with Crippen molar-refractivity contribution in [1.82, 2.24) is 24.6 Å². The molecular formula is C26H33N5O2S. The third-order valence-corrected chi connectivity index (χ3v) is 7.21. The van der Waals surface area contributed by atoms with Gasteiger partial charge in [0.25, 0.3) is 0 Å². The van der Waals surface area contributed by atoms with Crippen LogP contribution in [0.25, 0.3) is 5.69 Å². The number of ether oxygens (including phenoxy) is 1. The number of carbonyl (C=O) groups is 1. The normalized spacial score (nSPS) is 14.5. The molecule has 0 spiro atoms. The number of thioether (sulfide) groups is 1. The first kappa shape index (κ1) is 24.3. The number of nitrogens with zero attached hydrogens (tertiary/aromatic N) is 5. The van der Waals surface area contributed by atoms with Crippen molar-refractivity contribution in [3.05, 3.63) is 66.0 Å². The molecule has 0 unspecified atom stereocenters. The van der Waals surface area contributed by atoms with Gasteiger partial charge >= 0.3 is 0 Å². The molecule has 2 aromatic carbocycles. The van der Waals surface area contributed by atoms with Gasteiger partial charge in [-0.25, -0.2) is 0 Å². The van der Waals surface area contributed by atoms with Crippen molar-refractivity contribution in [2.75, 3.05) is 45.6 Å². The van der Waals surface area contributed by atoms with E-state index in [9.17, 15) is 4.79 Å². The van der Waals surface area contributed by atoms with Gasteiger partial charge in [-0.1, -0.05) is 49.9 Å². The van der Waals surface area contributed by atoms with Crippen LogP contribution in [-0.4, -0.2) is 76.1 Å². The fraction of sp³-hybridized carbons (Fsp3) is 0.423. The Morgan fingerprint density at radius 2 is 1.74 bits per heavy atom. The molecule has 1 amide bonds. The van der Waals surface area contributed by atoms with E-state index in [4.69, 9.17) is 4.74 Å². The lowest BCUT2D eigenvalue weighted by atomic mass is 10.0. The van der Waals surface area contributed by atoms with Gasteiger partial charge < -0.3 is 9.64 Å². The van der Waals surface area contributed by atoms with Gasteiger partial charge in [0.2, 0.25) is 5.91 Å². The van der Waals surface area contributed by atoms with E-state index in [1.54, 1.807) is 13.4 Å². The molecule has 34 heavy (non-hydrogen) atoms. The molecule has 1 aliphatic heterocycles. The van der Waals surface area contributed by atoms with Gasteiger partial charge in [0.05, 0.1) is 12.9 Å². The van der Waals surface area contributed by atoms with Crippen LogP contribution in [0.15, 0.2) is 60.0 Å². The highest BCUT2D eigenvalue weighted by Crippen LogP contribution is 2.22. The molecule has 1 aliphatic rings. The Morgan fingerprint density at radius 3 is 2.38 bits per heavy atom. The van der Waals surface area contributed by atoms with Crippen molar-refractivity contribution < 1.29 is 9.53 Å². The van der Waals surface area contributed by atoms with E-state index in [0.717, 1.165) is 55.7 Å². The molecule has 0 bridgehead atoms. The highest BCUT2D eigenvalue weighted by Gasteiger charge is 2.21. The largest absolute Gasteiger partial charge is 0.497 e. The van der Waals surface area contributed by atoms with E-state index in [1.807, 2.05) is 21.6 Å². The monoisotopic (exact) mass is 479 g/mol. The first-order chi connectivity index (χ1) is 16.5. The molecule has 0 atom stereocenters. The third kappa shape index (κ3) is 6.18. The molecule has 0 saturated carbocycles. The van der Waals surface area contributed by atoms with Gasteiger partial charge in [0.15, 0.2) is 5.16 Å². The quantitative estimate of drug-likeness (QED) is 0.434. The SMILES string of the molecule is COc1ccc(CCN2CCN(C(=O)CSc3nncn3-c3ccc(C(C)C)cc3)CC2)cc1. The summed E-state index contributed by atoms with van der Waals surface area (Å²) in [5, 5.41) is 9.04. The van der Waals surface area contributed by atoms with Crippen LogP contribution in [0.3, 0.4) is 0 Å². The van der Waals surface area contributed by atoms with E-state index >= 15 is 0 Å². The Kier molecular flexibility index (Phi) is 8.24. The second-order valence-corrected chi connectivity index (χ2v) is 9.78. The van der Waals surface area contributed by atoms with Gasteiger partial charge in [0.1, 0.15) is 12.1 Å². The Balaban J connectivity index is 1.23. The fourth-order valence-electron chi connectivity index (χ4n) is 4.04. The number of carbonyl (C=O) groups excluding carboxylic acids is 1. The van der Waals surface area contributed by atoms with Crippen molar-refractivity contribution in [3.63, 3.8) is 0 Å². The maximum Gasteiger partial charge on any atom is 0.233 e. The summed E-state index contributed by atoms with van der Waals surface area (Å²) in [6.45, 7) is 8.72. The number of hydrogen-bond acceptors (Lipinski definition) is 6. The van der Waals surface area contributed by atoms with Gasteiger partial charge in [-0.05, 0) is 47.7 Å². The van der Waals surface area contributed by atoms with Crippen molar-refractivity contribution in [2.45, 2.75) is 31.3 Å². The van der Waals surface area contributed by atoms with Gasteiger partial charge in [0, 0.05) is 38.4 Å². The lowest BCUT2D eigenvalue weighted by Crippen LogP contribution is -2.49. The molecule has 2 heterocycles. The minimum absolute atomic E-state index is 0.157. The molecular weight excluding hydrogens is 446 g/mol. The van der Waals surface area contributed by atoms with Crippen molar-refractivity contribution >= 4 is 17.7 Å². The zero-order chi connectivity index (χ0) is 23.9. The number of rotatable bonds is 9. The molecule has 180 valence electrons. The third-order valence-electron chi connectivity index (χ3n) is 6.28. The summed E-state index contributed by atoms with van der Waals surface area (Å²) in [5.41, 5.74) is 3.61. The number of aromatic nitrogens is 3. The minimum Gasteiger partial charge on any atom is -0.497 e. The van der Waals surface area contributed by atoms with E-state index < -0.39 is 0 Å². The molecule has 8 heteroatoms. The smallest absolute Gasteiger partial charge is 0.233 e. The van der Waals surface area contributed by atoms with Crippen LogP contribution < -0.4 is 4.74 Å². The van der Waals surface area contributed by atoms with Crippen molar-refractivity contribution in [3.8, 4) is 11.4 Å². The van der Waals surface area contributed by atoms with Crippen LogP contribution in [-0.2, 0) is 11.2 Å². The zero-order valence-electron chi connectivity index (χ0n) is 20.2.